The van der Waals surface area contributed by atoms with Crippen LogP contribution in [0.15, 0.2) is 23.0 Å². The summed E-state index contributed by atoms with van der Waals surface area (Å²) >= 11 is 0. The highest BCUT2D eigenvalue weighted by molar-refractivity contribution is 5.71. The largest absolute Gasteiger partial charge is 0.479 e. The Labute approximate surface area is 69.8 Å². The molecule has 0 aliphatic heterocycles. The van der Waals surface area contributed by atoms with Crippen molar-refractivity contribution in [3.8, 4) is 0 Å². The third kappa shape index (κ3) is 2.39. The molecule has 4 heteroatoms. The van der Waals surface area contributed by atoms with Gasteiger partial charge in [-0.1, -0.05) is 0 Å². The van der Waals surface area contributed by atoms with Crippen molar-refractivity contribution < 1.29 is 19.1 Å². The number of hydrogen-bond acceptors (Lipinski definition) is 3. The third-order valence-corrected chi connectivity index (χ3v) is 1.43. The summed E-state index contributed by atoms with van der Waals surface area (Å²) in [7, 11) is 0. The van der Waals surface area contributed by atoms with Gasteiger partial charge >= 0.3 is 5.97 Å². The van der Waals surface area contributed by atoms with Gasteiger partial charge in [0, 0.05) is 5.56 Å². The first-order chi connectivity index (χ1) is 5.70. The number of carbonyl (C=O) groups is 1. The highest BCUT2D eigenvalue weighted by Gasteiger charge is 2.10. The van der Waals surface area contributed by atoms with Crippen LogP contribution in [-0.2, 0) is 16.1 Å². The van der Waals surface area contributed by atoms with Crippen LogP contribution in [0.5, 0.6) is 0 Å². The lowest BCUT2D eigenvalue weighted by molar-refractivity contribution is -0.149. The van der Waals surface area contributed by atoms with E-state index in [1.807, 2.05) is 0 Å². The molecule has 0 unspecified atom stereocenters. The summed E-state index contributed by atoms with van der Waals surface area (Å²) in [6.45, 7) is 1.76. The zero-order chi connectivity index (χ0) is 8.97. The number of carboxylic acids is 1. The number of furan rings is 1. The topological polar surface area (TPSA) is 59.7 Å². The molecular weight excluding hydrogens is 160 g/mol. The van der Waals surface area contributed by atoms with Gasteiger partial charge in [-0.3, -0.25) is 0 Å². The first kappa shape index (κ1) is 8.80. The van der Waals surface area contributed by atoms with Crippen molar-refractivity contribution in [2.24, 2.45) is 0 Å². The van der Waals surface area contributed by atoms with E-state index in [-0.39, 0.29) is 6.61 Å². The van der Waals surface area contributed by atoms with Crippen LogP contribution >= 0.6 is 0 Å². The van der Waals surface area contributed by atoms with Gasteiger partial charge in [0.05, 0.1) is 19.1 Å². The molecule has 1 aromatic heterocycles. The van der Waals surface area contributed by atoms with Gasteiger partial charge in [-0.25, -0.2) is 4.79 Å². The van der Waals surface area contributed by atoms with Crippen molar-refractivity contribution in [1.82, 2.24) is 0 Å². The van der Waals surface area contributed by atoms with Crippen LogP contribution in [0.25, 0.3) is 0 Å². The molecule has 1 heterocycles. The maximum absolute atomic E-state index is 10.3. The number of carboxylic acid groups (broad SMARTS) is 1. The summed E-state index contributed by atoms with van der Waals surface area (Å²) < 4.78 is 9.77. The average Bonchev–Trinajstić information content (AvgIpc) is 2.51. The van der Waals surface area contributed by atoms with E-state index in [2.05, 4.69) is 0 Å². The van der Waals surface area contributed by atoms with E-state index < -0.39 is 12.1 Å². The molecule has 0 aromatic carbocycles. The molecule has 1 aromatic rings. The van der Waals surface area contributed by atoms with Gasteiger partial charge in [0.2, 0.25) is 0 Å². The molecule has 1 N–H and O–H groups in total. The zero-order valence-corrected chi connectivity index (χ0v) is 6.69. The van der Waals surface area contributed by atoms with E-state index in [9.17, 15) is 4.79 Å². The predicted octanol–water partition coefficient (Wildman–Crippen LogP) is 1.27. The minimum atomic E-state index is -0.960. The molecule has 0 saturated heterocycles. The fourth-order valence-corrected chi connectivity index (χ4v) is 0.667. The monoisotopic (exact) mass is 170 g/mol. The summed E-state index contributed by atoms with van der Waals surface area (Å²) in [5.41, 5.74) is 0.836. The van der Waals surface area contributed by atoms with E-state index in [4.69, 9.17) is 14.3 Å². The summed E-state index contributed by atoms with van der Waals surface area (Å²) in [6.07, 6.45) is 2.26. The van der Waals surface area contributed by atoms with Crippen molar-refractivity contribution >= 4 is 5.97 Å². The van der Waals surface area contributed by atoms with Gasteiger partial charge in [0.25, 0.3) is 0 Å². The fraction of sp³-hybridized carbons (Fsp3) is 0.375. The maximum atomic E-state index is 10.3. The van der Waals surface area contributed by atoms with Crippen molar-refractivity contribution in [3.63, 3.8) is 0 Å². The van der Waals surface area contributed by atoms with Crippen LogP contribution in [0, 0.1) is 0 Å². The maximum Gasteiger partial charge on any atom is 0.332 e. The highest BCUT2D eigenvalue weighted by atomic mass is 16.5. The standard InChI is InChI=1S/C8H10O4/c1-6(8(9)10)12-5-7-2-3-11-4-7/h2-4,6H,5H2,1H3,(H,9,10)/t6-/m0/s1. The van der Waals surface area contributed by atoms with Crippen LogP contribution in [0.2, 0.25) is 0 Å². The Morgan fingerprint density at radius 1 is 1.83 bits per heavy atom. The quantitative estimate of drug-likeness (QED) is 0.739. The van der Waals surface area contributed by atoms with Crippen molar-refractivity contribution in [2.45, 2.75) is 19.6 Å². The molecule has 4 nitrogen and oxygen atoms in total. The lowest BCUT2D eigenvalue weighted by atomic mass is 10.3. The highest BCUT2D eigenvalue weighted by Crippen LogP contribution is 2.03. The summed E-state index contributed by atoms with van der Waals surface area (Å²) in [4.78, 5) is 10.3. The molecule has 0 spiro atoms. The van der Waals surface area contributed by atoms with Gasteiger partial charge in [-0.2, -0.15) is 0 Å². The summed E-state index contributed by atoms with van der Waals surface area (Å²) in [5, 5.41) is 8.46. The Morgan fingerprint density at radius 2 is 2.58 bits per heavy atom. The molecule has 1 rings (SSSR count). The summed E-state index contributed by atoms with van der Waals surface area (Å²) in [5.74, 6) is -0.960. The average molecular weight is 170 g/mol. The van der Waals surface area contributed by atoms with E-state index in [1.54, 1.807) is 6.07 Å². The van der Waals surface area contributed by atoms with Crippen LogP contribution in [0.3, 0.4) is 0 Å². The van der Waals surface area contributed by atoms with Gasteiger partial charge in [0.15, 0.2) is 6.10 Å². The first-order valence-corrected chi connectivity index (χ1v) is 3.55. The summed E-state index contributed by atoms with van der Waals surface area (Å²) in [6, 6.07) is 1.73. The molecule has 0 aliphatic carbocycles. The lowest BCUT2D eigenvalue weighted by Crippen LogP contribution is -2.19. The SMILES string of the molecule is C[C@H](OCc1ccoc1)C(=O)O. The Hall–Kier alpha value is -1.29. The van der Waals surface area contributed by atoms with E-state index in [0.29, 0.717) is 0 Å². The number of rotatable bonds is 4. The molecule has 0 fully saturated rings. The van der Waals surface area contributed by atoms with Crippen LogP contribution < -0.4 is 0 Å². The van der Waals surface area contributed by atoms with Gasteiger partial charge in [-0.05, 0) is 13.0 Å². The molecule has 0 saturated carbocycles. The third-order valence-electron chi connectivity index (χ3n) is 1.43. The first-order valence-electron chi connectivity index (χ1n) is 3.55. The van der Waals surface area contributed by atoms with Gasteiger partial charge in [-0.15, -0.1) is 0 Å². The van der Waals surface area contributed by atoms with Gasteiger partial charge in [0.1, 0.15) is 0 Å². The number of ether oxygens (including phenoxy) is 1. The van der Waals surface area contributed by atoms with Crippen LogP contribution in [0.4, 0.5) is 0 Å². The van der Waals surface area contributed by atoms with Crippen molar-refractivity contribution in [2.75, 3.05) is 0 Å². The molecule has 12 heavy (non-hydrogen) atoms. The van der Waals surface area contributed by atoms with Gasteiger partial charge < -0.3 is 14.3 Å². The van der Waals surface area contributed by atoms with Crippen LogP contribution in [0.1, 0.15) is 12.5 Å². The Balaban J connectivity index is 2.31. The van der Waals surface area contributed by atoms with Crippen molar-refractivity contribution in [3.05, 3.63) is 24.2 Å². The Bertz CT molecular complexity index is 240. The zero-order valence-electron chi connectivity index (χ0n) is 6.69. The number of aliphatic carboxylic acids is 1. The smallest absolute Gasteiger partial charge is 0.332 e. The molecular formula is C8H10O4. The second-order valence-electron chi connectivity index (χ2n) is 2.42. The Kier molecular flexibility index (Phi) is 2.88. The van der Waals surface area contributed by atoms with E-state index >= 15 is 0 Å². The van der Waals surface area contributed by atoms with Crippen molar-refractivity contribution in [1.29, 1.82) is 0 Å². The molecule has 0 aliphatic rings. The molecule has 0 bridgehead atoms. The lowest BCUT2D eigenvalue weighted by Gasteiger charge is -2.05. The number of hydrogen-bond donors (Lipinski definition) is 1. The minimum absolute atomic E-state index is 0.268. The van der Waals surface area contributed by atoms with E-state index in [0.717, 1.165) is 5.56 Å². The molecule has 1 atom stereocenters. The predicted molar refractivity (Wildman–Crippen MR) is 40.6 cm³/mol. The normalized spacial score (nSPS) is 12.8. The second-order valence-corrected chi connectivity index (χ2v) is 2.42. The molecule has 66 valence electrons. The molecule has 0 radical (unpaired) electrons. The minimum Gasteiger partial charge on any atom is -0.479 e. The second kappa shape index (κ2) is 3.92. The fourth-order valence-electron chi connectivity index (χ4n) is 0.667. The van der Waals surface area contributed by atoms with E-state index in [1.165, 1.54) is 19.5 Å². The molecule has 0 amide bonds. The Morgan fingerprint density at radius 3 is 3.08 bits per heavy atom. The van der Waals surface area contributed by atoms with Crippen LogP contribution in [-0.4, -0.2) is 17.2 Å².